The summed E-state index contributed by atoms with van der Waals surface area (Å²) in [6.45, 7) is 2.63. The molecule has 0 aliphatic carbocycles. The molecule has 0 spiro atoms. The maximum absolute atomic E-state index is 13.7. The van der Waals surface area contributed by atoms with Crippen LogP contribution in [0, 0.1) is 5.82 Å². The number of methoxy groups -OCH3 is 1. The molecule has 20 heavy (non-hydrogen) atoms. The van der Waals surface area contributed by atoms with Crippen LogP contribution in [0.5, 0.6) is 5.75 Å². The molecule has 0 fully saturated rings. The van der Waals surface area contributed by atoms with Gasteiger partial charge in [-0.3, -0.25) is 9.48 Å². The first-order valence-electron chi connectivity index (χ1n) is 6.18. The molecular formula is C14H14BrFN2O2. The Morgan fingerprint density at radius 1 is 1.50 bits per heavy atom. The third-order valence-corrected chi connectivity index (χ3v) is 3.44. The summed E-state index contributed by atoms with van der Waals surface area (Å²) < 4.78 is 20.8. The van der Waals surface area contributed by atoms with Gasteiger partial charge in [0.15, 0.2) is 11.6 Å². The highest BCUT2D eigenvalue weighted by atomic mass is 79.9. The van der Waals surface area contributed by atoms with Crippen molar-refractivity contribution in [3.05, 3.63) is 45.9 Å². The standard InChI is InChI=1S/C14H14BrFN2O2/c1-3-6-18-13(10(15)8-17-18)14(19)9-4-5-12(20-2)11(16)7-9/h4-5,7-8H,3,6H2,1-2H3. The molecule has 0 saturated carbocycles. The lowest BCUT2D eigenvalue weighted by Gasteiger charge is -2.07. The number of benzene rings is 1. The van der Waals surface area contributed by atoms with Crippen LogP contribution < -0.4 is 4.74 Å². The molecule has 4 nitrogen and oxygen atoms in total. The maximum Gasteiger partial charge on any atom is 0.212 e. The van der Waals surface area contributed by atoms with E-state index in [9.17, 15) is 9.18 Å². The molecule has 0 aliphatic heterocycles. The molecule has 0 saturated heterocycles. The maximum atomic E-state index is 13.7. The molecule has 0 unspecified atom stereocenters. The summed E-state index contributed by atoms with van der Waals surface area (Å²) in [4.78, 5) is 12.5. The van der Waals surface area contributed by atoms with Crippen molar-refractivity contribution in [1.29, 1.82) is 0 Å². The zero-order chi connectivity index (χ0) is 14.7. The Labute approximate surface area is 124 Å². The number of carbonyl (C=O) groups is 1. The van der Waals surface area contributed by atoms with Crippen LogP contribution in [-0.4, -0.2) is 22.7 Å². The number of nitrogens with zero attached hydrogens (tertiary/aromatic N) is 2. The first-order valence-corrected chi connectivity index (χ1v) is 6.97. The van der Waals surface area contributed by atoms with Crippen LogP contribution in [0.3, 0.4) is 0 Å². The predicted octanol–water partition coefficient (Wildman–Crippen LogP) is 3.43. The Kier molecular flexibility index (Phi) is 4.54. The summed E-state index contributed by atoms with van der Waals surface area (Å²) in [6.07, 6.45) is 2.42. The van der Waals surface area contributed by atoms with Gasteiger partial charge in [-0.15, -0.1) is 0 Å². The summed E-state index contributed by atoms with van der Waals surface area (Å²) in [5, 5.41) is 4.14. The number of rotatable bonds is 5. The van der Waals surface area contributed by atoms with Gasteiger partial charge < -0.3 is 4.74 Å². The van der Waals surface area contributed by atoms with Crippen molar-refractivity contribution in [2.75, 3.05) is 7.11 Å². The first-order chi connectivity index (χ1) is 9.58. The van der Waals surface area contributed by atoms with Gasteiger partial charge in [0.2, 0.25) is 5.78 Å². The van der Waals surface area contributed by atoms with Crippen LogP contribution in [0.2, 0.25) is 0 Å². The monoisotopic (exact) mass is 340 g/mol. The van der Waals surface area contributed by atoms with Crippen molar-refractivity contribution in [1.82, 2.24) is 9.78 Å². The van der Waals surface area contributed by atoms with Crippen molar-refractivity contribution in [2.45, 2.75) is 19.9 Å². The van der Waals surface area contributed by atoms with Gasteiger partial charge in [-0.2, -0.15) is 5.10 Å². The third-order valence-electron chi connectivity index (χ3n) is 2.86. The molecule has 0 atom stereocenters. The summed E-state index contributed by atoms with van der Waals surface area (Å²) in [5.74, 6) is -0.719. The van der Waals surface area contributed by atoms with Crippen LogP contribution >= 0.6 is 15.9 Å². The number of hydrogen-bond donors (Lipinski definition) is 0. The average molecular weight is 341 g/mol. The molecule has 1 aromatic heterocycles. The molecular weight excluding hydrogens is 327 g/mol. The molecule has 0 amide bonds. The van der Waals surface area contributed by atoms with E-state index in [-0.39, 0.29) is 17.1 Å². The van der Waals surface area contributed by atoms with Crippen LogP contribution in [0.15, 0.2) is 28.9 Å². The molecule has 1 aromatic carbocycles. The van der Waals surface area contributed by atoms with Gasteiger partial charge in [0.05, 0.1) is 17.8 Å². The van der Waals surface area contributed by atoms with Gasteiger partial charge in [-0.05, 0) is 40.5 Å². The summed E-state index contributed by atoms with van der Waals surface area (Å²) >= 11 is 3.31. The van der Waals surface area contributed by atoms with Crippen molar-refractivity contribution in [3.8, 4) is 5.75 Å². The van der Waals surface area contributed by atoms with E-state index >= 15 is 0 Å². The van der Waals surface area contributed by atoms with Crippen molar-refractivity contribution in [3.63, 3.8) is 0 Å². The van der Waals surface area contributed by atoms with E-state index < -0.39 is 5.82 Å². The van der Waals surface area contributed by atoms with E-state index in [1.807, 2.05) is 6.92 Å². The van der Waals surface area contributed by atoms with E-state index in [2.05, 4.69) is 21.0 Å². The minimum Gasteiger partial charge on any atom is -0.494 e. The highest BCUT2D eigenvalue weighted by molar-refractivity contribution is 9.10. The zero-order valence-electron chi connectivity index (χ0n) is 11.2. The van der Waals surface area contributed by atoms with Gasteiger partial charge in [0.1, 0.15) is 5.69 Å². The van der Waals surface area contributed by atoms with Gasteiger partial charge in [-0.25, -0.2) is 4.39 Å². The van der Waals surface area contributed by atoms with Crippen molar-refractivity contribution < 1.29 is 13.9 Å². The molecule has 0 bridgehead atoms. The van der Waals surface area contributed by atoms with E-state index in [1.165, 1.54) is 19.2 Å². The molecule has 106 valence electrons. The number of carbonyl (C=O) groups excluding carboxylic acids is 1. The normalized spacial score (nSPS) is 10.6. The lowest BCUT2D eigenvalue weighted by atomic mass is 10.1. The largest absolute Gasteiger partial charge is 0.494 e. The van der Waals surface area contributed by atoms with Crippen LogP contribution in [0.25, 0.3) is 0 Å². The minimum atomic E-state index is -0.559. The molecule has 0 N–H and O–H groups in total. The number of hydrogen-bond acceptors (Lipinski definition) is 3. The van der Waals surface area contributed by atoms with E-state index in [1.54, 1.807) is 16.9 Å². The quantitative estimate of drug-likeness (QED) is 0.783. The van der Waals surface area contributed by atoms with Crippen molar-refractivity contribution in [2.24, 2.45) is 0 Å². The topological polar surface area (TPSA) is 44.1 Å². The Bertz CT molecular complexity index is 640. The predicted molar refractivity (Wildman–Crippen MR) is 76.6 cm³/mol. The van der Waals surface area contributed by atoms with Crippen LogP contribution in [0.4, 0.5) is 4.39 Å². The van der Waals surface area contributed by atoms with Crippen molar-refractivity contribution >= 4 is 21.7 Å². The summed E-state index contributed by atoms with van der Waals surface area (Å²) in [7, 11) is 1.38. The number of aryl methyl sites for hydroxylation is 1. The number of halogens is 2. The fourth-order valence-corrected chi connectivity index (χ4v) is 2.39. The zero-order valence-corrected chi connectivity index (χ0v) is 12.8. The summed E-state index contributed by atoms with van der Waals surface area (Å²) in [5.41, 5.74) is 0.693. The number of aromatic nitrogens is 2. The molecule has 0 radical (unpaired) electrons. The van der Waals surface area contributed by atoms with Gasteiger partial charge in [-0.1, -0.05) is 6.92 Å². The average Bonchev–Trinajstić information content (AvgIpc) is 2.79. The van der Waals surface area contributed by atoms with E-state index in [0.29, 0.717) is 16.7 Å². The lowest BCUT2D eigenvalue weighted by Crippen LogP contribution is -2.12. The Balaban J connectivity index is 2.41. The van der Waals surface area contributed by atoms with E-state index in [4.69, 9.17) is 4.74 Å². The van der Waals surface area contributed by atoms with Gasteiger partial charge in [0.25, 0.3) is 0 Å². The second kappa shape index (κ2) is 6.17. The minimum absolute atomic E-state index is 0.114. The van der Waals surface area contributed by atoms with Gasteiger partial charge >= 0.3 is 0 Å². The summed E-state index contributed by atoms with van der Waals surface area (Å²) in [6, 6.07) is 4.16. The fraction of sp³-hybridized carbons (Fsp3) is 0.286. The SMILES string of the molecule is CCCn1ncc(Br)c1C(=O)c1ccc(OC)c(F)c1. The highest BCUT2D eigenvalue weighted by Gasteiger charge is 2.19. The molecule has 0 aliphatic rings. The smallest absolute Gasteiger partial charge is 0.212 e. The van der Waals surface area contributed by atoms with Gasteiger partial charge in [0, 0.05) is 12.1 Å². The molecule has 2 rings (SSSR count). The third kappa shape index (κ3) is 2.75. The molecule has 2 aromatic rings. The number of ketones is 1. The van der Waals surface area contributed by atoms with Crippen LogP contribution in [-0.2, 0) is 6.54 Å². The second-order valence-electron chi connectivity index (χ2n) is 4.24. The number of ether oxygens (including phenoxy) is 1. The second-order valence-corrected chi connectivity index (χ2v) is 5.10. The van der Waals surface area contributed by atoms with E-state index in [0.717, 1.165) is 6.42 Å². The molecule has 1 heterocycles. The fourth-order valence-electron chi connectivity index (χ4n) is 1.91. The first kappa shape index (κ1) is 14.7. The Hall–Kier alpha value is -1.69. The Morgan fingerprint density at radius 2 is 2.25 bits per heavy atom. The lowest BCUT2D eigenvalue weighted by molar-refractivity contribution is 0.102. The van der Waals surface area contributed by atoms with Crippen LogP contribution in [0.1, 0.15) is 29.4 Å². The Morgan fingerprint density at radius 3 is 2.85 bits per heavy atom. The highest BCUT2D eigenvalue weighted by Crippen LogP contribution is 2.23. The molecule has 6 heteroatoms.